The van der Waals surface area contributed by atoms with Crippen molar-refractivity contribution in [2.24, 2.45) is 5.92 Å². The first kappa shape index (κ1) is 17.4. The molecular weight excluding hydrogens is 310 g/mol. The summed E-state index contributed by atoms with van der Waals surface area (Å²) in [5, 5.41) is 3.66. The van der Waals surface area contributed by atoms with Crippen LogP contribution in [0.2, 0.25) is 5.02 Å². The van der Waals surface area contributed by atoms with Crippen molar-refractivity contribution in [2.45, 2.75) is 33.4 Å². The summed E-state index contributed by atoms with van der Waals surface area (Å²) in [6, 6.07) is 14.9. The van der Waals surface area contributed by atoms with E-state index in [9.17, 15) is 4.79 Å². The van der Waals surface area contributed by atoms with Crippen LogP contribution in [0.5, 0.6) is 5.75 Å². The van der Waals surface area contributed by atoms with Crippen molar-refractivity contribution in [1.82, 2.24) is 5.32 Å². The summed E-state index contributed by atoms with van der Waals surface area (Å²) >= 11 is 6.11. The van der Waals surface area contributed by atoms with Gasteiger partial charge < -0.3 is 10.1 Å². The molecule has 1 N–H and O–H groups in total. The zero-order valence-corrected chi connectivity index (χ0v) is 14.4. The molecule has 122 valence electrons. The largest absolute Gasteiger partial charge is 0.489 e. The van der Waals surface area contributed by atoms with Crippen LogP contribution in [-0.2, 0) is 6.61 Å². The van der Waals surface area contributed by atoms with Gasteiger partial charge in [-0.15, -0.1) is 0 Å². The van der Waals surface area contributed by atoms with Crippen LogP contribution in [-0.4, -0.2) is 11.9 Å². The van der Waals surface area contributed by atoms with E-state index in [2.05, 4.69) is 19.2 Å². The molecule has 0 saturated carbocycles. The number of carbonyl (C=O) groups is 1. The number of carbonyl (C=O) groups excluding carboxylic acids is 1. The SMILES string of the molecule is CC(C)C(C)NC(=O)c1cccc(OCc2ccccc2Cl)c1. The third-order valence-corrected chi connectivity index (χ3v) is 4.18. The molecule has 1 atom stereocenters. The summed E-state index contributed by atoms with van der Waals surface area (Å²) in [6.07, 6.45) is 0. The van der Waals surface area contributed by atoms with Gasteiger partial charge >= 0.3 is 0 Å². The second-order valence-corrected chi connectivity index (χ2v) is 6.32. The molecule has 0 aromatic heterocycles. The summed E-state index contributed by atoms with van der Waals surface area (Å²) in [4.78, 5) is 12.3. The lowest BCUT2D eigenvalue weighted by atomic mass is 10.1. The summed E-state index contributed by atoms with van der Waals surface area (Å²) in [5.74, 6) is 0.947. The van der Waals surface area contributed by atoms with Gasteiger partial charge in [-0.05, 0) is 37.1 Å². The second-order valence-electron chi connectivity index (χ2n) is 5.91. The molecule has 0 heterocycles. The summed E-state index contributed by atoms with van der Waals surface area (Å²) in [6.45, 7) is 6.52. The number of hydrogen-bond acceptors (Lipinski definition) is 2. The minimum atomic E-state index is -0.0885. The normalized spacial score (nSPS) is 12.0. The average Bonchev–Trinajstić information content (AvgIpc) is 2.54. The van der Waals surface area contributed by atoms with Gasteiger partial charge in [0.2, 0.25) is 0 Å². The molecule has 2 aromatic rings. The van der Waals surface area contributed by atoms with Crippen molar-refractivity contribution in [3.63, 3.8) is 0 Å². The Hall–Kier alpha value is -2.00. The number of rotatable bonds is 6. The lowest BCUT2D eigenvalue weighted by Gasteiger charge is -2.17. The number of halogens is 1. The van der Waals surface area contributed by atoms with E-state index >= 15 is 0 Å². The molecule has 0 bridgehead atoms. The Labute approximate surface area is 142 Å². The van der Waals surface area contributed by atoms with Crippen LogP contribution in [0.3, 0.4) is 0 Å². The van der Waals surface area contributed by atoms with Crippen LogP contribution < -0.4 is 10.1 Å². The number of amides is 1. The molecule has 0 aliphatic heterocycles. The highest BCUT2D eigenvalue weighted by atomic mass is 35.5. The van der Waals surface area contributed by atoms with E-state index in [4.69, 9.17) is 16.3 Å². The van der Waals surface area contributed by atoms with Crippen molar-refractivity contribution >= 4 is 17.5 Å². The van der Waals surface area contributed by atoms with E-state index in [-0.39, 0.29) is 11.9 Å². The molecule has 2 rings (SSSR count). The average molecular weight is 332 g/mol. The number of benzene rings is 2. The van der Waals surface area contributed by atoms with Gasteiger partial charge in [0.05, 0.1) is 0 Å². The first-order chi connectivity index (χ1) is 11.0. The third-order valence-electron chi connectivity index (χ3n) is 3.81. The van der Waals surface area contributed by atoms with Gasteiger partial charge in [0.25, 0.3) is 5.91 Å². The lowest BCUT2D eigenvalue weighted by Crippen LogP contribution is -2.36. The highest BCUT2D eigenvalue weighted by Crippen LogP contribution is 2.19. The van der Waals surface area contributed by atoms with E-state index in [0.29, 0.717) is 28.9 Å². The monoisotopic (exact) mass is 331 g/mol. The van der Waals surface area contributed by atoms with Crippen LogP contribution >= 0.6 is 11.6 Å². The Balaban J connectivity index is 2.02. The van der Waals surface area contributed by atoms with E-state index in [1.807, 2.05) is 43.3 Å². The van der Waals surface area contributed by atoms with Gasteiger partial charge in [-0.2, -0.15) is 0 Å². The van der Waals surface area contributed by atoms with Gasteiger partial charge in [-0.3, -0.25) is 4.79 Å². The Morgan fingerprint density at radius 2 is 1.87 bits per heavy atom. The molecule has 0 spiro atoms. The zero-order valence-electron chi connectivity index (χ0n) is 13.7. The summed E-state index contributed by atoms with van der Waals surface area (Å²) in [5.41, 5.74) is 1.51. The maximum absolute atomic E-state index is 12.3. The first-order valence-corrected chi connectivity index (χ1v) is 8.12. The molecule has 1 unspecified atom stereocenters. The smallest absolute Gasteiger partial charge is 0.251 e. The summed E-state index contributed by atoms with van der Waals surface area (Å²) in [7, 11) is 0. The topological polar surface area (TPSA) is 38.3 Å². The van der Waals surface area contributed by atoms with Crippen molar-refractivity contribution < 1.29 is 9.53 Å². The molecule has 0 radical (unpaired) electrons. The van der Waals surface area contributed by atoms with Crippen LogP contribution in [0.25, 0.3) is 0 Å². The quantitative estimate of drug-likeness (QED) is 0.833. The van der Waals surface area contributed by atoms with Crippen LogP contribution in [0.1, 0.15) is 36.7 Å². The molecule has 2 aromatic carbocycles. The zero-order chi connectivity index (χ0) is 16.8. The fraction of sp³-hybridized carbons (Fsp3) is 0.316. The van der Waals surface area contributed by atoms with Crippen molar-refractivity contribution in [3.8, 4) is 5.75 Å². The fourth-order valence-corrected chi connectivity index (χ4v) is 2.15. The Kier molecular flexibility index (Phi) is 6.05. The number of hydrogen-bond donors (Lipinski definition) is 1. The molecule has 0 aliphatic carbocycles. The maximum atomic E-state index is 12.3. The Morgan fingerprint density at radius 3 is 2.57 bits per heavy atom. The van der Waals surface area contributed by atoms with Crippen molar-refractivity contribution in [1.29, 1.82) is 0 Å². The van der Waals surface area contributed by atoms with Gasteiger partial charge in [-0.1, -0.05) is 49.7 Å². The van der Waals surface area contributed by atoms with E-state index < -0.39 is 0 Å². The maximum Gasteiger partial charge on any atom is 0.251 e. The highest BCUT2D eigenvalue weighted by Gasteiger charge is 2.13. The lowest BCUT2D eigenvalue weighted by molar-refractivity contribution is 0.0930. The highest BCUT2D eigenvalue weighted by molar-refractivity contribution is 6.31. The van der Waals surface area contributed by atoms with E-state index in [1.165, 1.54) is 0 Å². The Bertz CT molecular complexity index is 670. The van der Waals surface area contributed by atoms with E-state index in [1.54, 1.807) is 12.1 Å². The van der Waals surface area contributed by atoms with Gasteiger partial charge in [-0.25, -0.2) is 0 Å². The minimum absolute atomic E-state index is 0.0885. The predicted molar refractivity (Wildman–Crippen MR) is 94.0 cm³/mol. The second kappa shape index (κ2) is 8.02. The first-order valence-electron chi connectivity index (χ1n) is 7.74. The van der Waals surface area contributed by atoms with Crippen LogP contribution in [0.4, 0.5) is 0 Å². The van der Waals surface area contributed by atoms with Crippen LogP contribution in [0.15, 0.2) is 48.5 Å². The molecule has 0 fully saturated rings. The molecule has 0 saturated heterocycles. The fourth-order valence-electron chi connectivity index (χ4n) is 1.96. The Morgan fingerprint density at radius 1 is 1.13 bits per heavy atom. The predicted octanol–water partition coefficient (Wildman–Crippen LogP) is 4.69. The van der Waals surface area contributed by atoms with E-state index in [0.717, 1.165) is 5.56 Å². The molecule has 3 nitrogen and oxygen atoms in total. The molecule has 23 heavy (non-hydrogen) atoms. The van der Waals surface area contributed by atoms with Gasteiger partial charge in [0, 0.05) is 22.2 Å². The summed E-state index contributed by atoms with van der Waals surface area (Å²) < 4.78 is 5.75. The minimum Gasteiger partial charge on any atom is -0.489 e. The molecular formula is C19H22ClNO2. The molecule has 4 heteroatoms. The van der Waals surface area contributed by atoms with Crippen molar-refractivity contribution in [2.75, 3.05) is 0 Å². The number of ether oxygens (including phenoxy) is 1. The number of nitrogens with one attached hydrogen (secondary N) is 1. The van der Waals surface area contributed by atoms with Gasteiger partial charge in [0.15, 0.2) is 0 Å². The third kappa shape index (κ3) is 5.00. The van der Waals surface area contributed by atoms with Crippen LogP contribution in [0, 0.1) is 5.92 Å². The van der Waals surface area contributed by atoms with Gasteiger partial charge in [0.1, 0.15) is 12.4 Å². The van der Waals surface area contributed by atoms with Crippen molar-refractivity contribution in [3.05, 3.63) is 64.7 Å². The molecule has 1 amide bonds. The standard InChI is InChI=1S/C19H22ClNO2/c1-13(2)14(3)21-19(22)15-8-6-9-17(11-15)23-12-16-7-4-5-10-18(16)20/h4-11,13-14H,12H2,1-3H3,(H,21,22). The molecule has 0 aliphatic rings.